The molecule has 1 heterocycles. The lowest BCUT2D eigenvalue weighted by Crippen LogP contribution is -2.29. The highest BCUT2D eigenvalue weighted by Gasteiger charge is 2.17. The Hall–Kier alpha value is 0.160. The zero-order valence-electron chi connectivity index (χ0n) is 10.2. The molecule has 0 radical (unpaired) electrons. The minimum absolute atomic E-state index is 0.198. The fraction of sp³-hybridized carbons (Fsp3) is 0.667. The van der Waals surface area contributed by atoms with Gasteiger partial charge in [-0.15, -0.1) is 0 Å². The van der Waals surface area contributed by atoms with E-state index < -0.39 is 0 Å². The summed E-state index contributed by atoms with van der Waals surface area (Å²) in [4.78, 5) is 0. The number of aliphatic hydroxyl groups is 1. The molecule has 0 aliphatic carbocycles. The maximum atomic E-state index is 8.82. The molecule has 0 aliphatic heterocycles. The van der Waals surface area contributed by atoms with Gasteiger partial charge in [0.25, 0.3) is 0 Å². The van der Waals surface area contributed by atoms with E-state index in [2.05, 4.69) is 51.0 Å². The van der Waals surface area contributed by atoms with Crippen LogP contribution in [-0.2, 0) is 6.54 Å². The molecule has 0 unspecified atom stereocenters. The Balaban J connectivity index is 2.31. The third kappa shape index (κ3) is 5.55. The Morgan fingerprint density at radius 1 is 1.41 bits per heavy atom. The van der Waals surface area contributed by atoms with Crippen LogP contribution < -0.4 is 5.32 Å². The smallest absolute Gasteiger partial charge is 0.183 e. The van der Waals surface area contributed by atoms with Gasteiger partial charge >= 0.3 is 0 Å². The first-order chi connectivity index (χ1) is 7.94. The van der Waals surface area contributed by atoms with Crippen molar-refractivity contribution in [3.63, 3.8) is 0 Å². The Morgan fingerprint density at radius 2 is 2.12 bits per heavy atom. The SMILES string of the molecule is CC(C)(CCCO)CNCc1cc(Br)c(Br)o1. The third-order valence-electron chi connectivity index (χ3n) is 2.61. The molecule has 0 aromatic carbocycles. The lowest BCUT2D eigenvalue weighted by atomic mass is 9.88. The van der Waals surface area contributed by atoms with E-state index in [0.29, 0.717) is 6.54 Å². The van der Waals surface area contributed by atoms with Crippen LogP contribution in [0.4, 0.5) is 0 Å². The van der Waals surface area contributed by atoms with Crippen molar-refractivity contribution in [1.82, 2.24) is 5.32 Å². The highest BCUT2D eigenvalue weighted by molar-refractivity contribution is 9.13. The molecule has 3 nitrogen and oxygen atoms in total. The number of hydrogen-bond acceptors (Lipinski definition) is 3. The van der Waals surface area contributed by atoms with Gasteiger partial charge in [0.05, 0.1) is 11.0 Å². The molecule has 98 valence electrons. The van der Waals surface area contributed by atoms with Gasteiger partial charge in [-0.05, 0) is 56.2 Å². The van der Waals surface area contributed by atoms with Crippen LogP contribution in [0.5, 0.6) is 0 Å². The second-order valence-corrected chi connectivity index (χ2v) is 6.50. The van der Waals surface area contributed by atoms with Gasteiger partial charge in [-0.1, -0.05) is 13.8 Å². The number of hydrogen-bond donors (Lipinski definition) is 2. The average molecular weight is 369 g/mol. The molecule has 0 amide bonds. The molecule has 1 aromatic heterocycles. The molecule has 0 spiro atoms. The maximum Gasteiger partial charge on any atom is 0.183 e. The van der Waals surface area contributed by atoms with Crippen molar-refractivity contribution in [2.45, 2.75) is 33.2 Å². The van der Waals surface area contributed by atoms with Crippen molar-refractivity contribution < 1.29 is 9.52 Å². The lowest BCUT2D eigenvalue weighted by Gasteiger charge is -2.24. The van der Waals surface area contributed by atoms with E-state index in [4.69, 9.17) is 9.52 Å². The Morgan fingerprint density at radius 3 is 2.65 bits per heavy atom. The van der Waals surface area contributed by atoms with Crippen molar-refractivity contribution in [3.05, 3.63) is 21.0 Å². The van der Waals surface area contributed by atoms with Crippen LogP contribution in [0.3, 0.4) is 0 Å². The normalized spacial score (nSPS) is 12.1. The molecular weight excluding hydrogens is 350 g/mol. The maximum absolute atomic E-state index is 8.82. The Labute approximate surface area is 119 Å². The lowest BCUT2D eigenvalue weighted by molar-refractivity contribution is 0.235. The van der Waals surface area contributed by atoms with Crippen molar-refractivity contribution in [1.29, 1.82) is 0 Å². The molecule has 0 bridgehead atoms. The highest BCUT2D eigenvalue weighted by Crippen LogP contribution is 2.27. The number of rotatable bonds is 7. The van der Waals surface area contributed by atoms with Gasteiger partial charge in [-0.25, -0.2) is 0 Å². The van der Waals surface area contributed by atoms with Crippen molar-refractivity contribution in [3.8, 4) is 0 Å². The zero-order chi connectivity index (χ0) is 12.9. The molecule has 0 fully saturated rings. The molecule has 5 heteroatoms. The second kappa shape index (κ2) is 6.92. The summed E-state index contributed by atoms with van der Waals surface area (Å²) in [5.74, 6) is 0.904. The summed E-state index contributed by atoms with van der Waals surface area (Å²) < 4.78 is 7.15. The van der Waals surface area contributed by atoms with Gasteiger partial charge in [0.2, 0.25) is 0 Å². The van der Waals surface area contributed by atoms with E-state index in [1.54, 1.807) is 0 Å². The third-order valence-corrected chi connectivity index (χ3v) is 4.32. The quantitative estimate of drug-likeness (QED) is 0.771. The van der Waals surface area contributed by atoms with Gasteiger partial charge in [-0.2, -0.15) is 0 Å². The molecule has 17 heavy (non-hydrogen) atoms. The van der Waals surface area contributed by atoms with E-state index in [9.17, 15) is 0 Å². The van der Waals surface area contributed by atoms with E-state index in [0.717, 1.165) is 34.3 Å². The van der Waals surface area contributed by atoms with E-state index >= 15 is 0 Å². The fourth-order valence-electron chi connectivity index (χ4n) is 1.65. The van der Waals surface area contributed by atoms with Crippen molar-refractivity contribution in [2.75, 3.05) is 13.2 Å². The van der Waals surface area contributed by atoms with Gasteiger partial charge in [0.1, 0.15) is 5.76 Å². The highest BCUT2D eigenvalue weighted by atomic mass is 79.9. The molecular formula is C12H19Br2NO2. The number of furan rings is 1. The van der Waals surface area contributed by atoms with Gasteiger partial charge < -0.3 is 14.8 Å². The zero-order valence-corrected chi connectivity index (χ0v) is 13.4. The van der Waals surface area contributed by atoms with Crippen molar-refractivity contribution in [2.24, 2.45) is 5.41 Å². The van der Waals surface area contributed by atoms with Crippen LogP contribution in [0.15, 0.2) is 19.6 Å². The first kappa shape index (κ1) is 15.2. The van der Waals surface area contributed by atoms with Crippen LogP contribution in [0.2, 0.25) is 0 Å². The monoisotopic (exact) mass is 367 g/mol. The van der Waals surface area contributed by atoms with E-state index in [1.807, 2.05) is 6.07 Å². The minimum Gasteiger partial charge on any atom is -0.452 e. The first-order valence-electron chi connectivity index (χ1n) is 5.70. The van der Waals surface area contributed by atoms with Crippen LogP contribution in [0, 0.1) is 5.41 Å². The Kier molecular flexibility index (Phi) is 6.20. The molecule has 0 saturated heterocycles. The predicted molar refractivity (Wildman–Crippen MR) is 75.9 cm³/mol. The van der Waals surface area contributed by atoms with Crippen LogP contribution >= 0.6 is 31.9 Å². The van der Waals surface area contributed by atoms with Crippen LogP contribution in [-0.4, -0.2) is 18.3 Å². The molecule has 0 aliphatic rings. The number of aliphatic hydroxyl groups excluding tert-OH is 1. The summed E-state index contributed by atoms with van der Waals surface area (Å²) in [5, 5.41) is 12.2. The minimum atomic E-state index is 0.198. The predicted octanol–water partition coefficient (Wildman–Crippen LogP) is 3.69. The number of nitrogens with one attached hydrogen (secondary N) is 1. The summed E-state index contributed by atoms with van der Waals surface area (Å²) in [6.45, 7) is 6.28. The fourth-order valence-corrected chi connectivity index (χ4v) is 2.31. The molecule has 1 rings (SSSR count). The molecule has 1 aromatic rings. The average Bonchev–Trinajstić information content (AvgIpc) is 2.55. The van der Waals surface area contributed by atoms with Gasteiger partial charge in [0, 0.05) is 13.2 Å². The van der Waals surface area contributed by atoms with Gasteiger partial charge in [-0.3, -0.25) is 0 Å². The standard InChI is InChI=1S/C12H19Br2NO2/c1-12(2,4-3-5-16)8-15-7-9-6-10(13)11(14)17-9/h6,15-16H,3-5,7-8H2,1-2H3. The summed E-state index contributed by atoms with van der Waals surface area (Å²) in [6, 6.07) is 1.96. The first-order valence-corrected chi connectivity index (χ1v) is 7.28. The van der Waals surface area contributed by atoms with E-state index in [-0.39, 0.29) is 12.0 Å². The summed E-state index contributed by atoms with van der Waals surface area (Å²) >= 11 is 6.70. The largest absolute Gasteiger partial charge is 0.452 e. The summed E-state index contributed by atoms with van der Waals surface area (Å²) in [5.41, 5.74) is 0.198. The second-order valence-electron chi connectivity index (χ2n) is 4.93. The molecule has 0 saturated carbocycles. The summed E-state index contributed by atoms with van der Waals surface area (Å²) in [6.07, 6.45) is 1.87. The summed E-state index contributed by atoms with van der Waals surface area (Å²) in [7, 11) is 0. The van der Waals surface area contributed by atoms with Gasteiger partial charge in [0.15, 0.2) is 4.67 Å². The molecule has 0 atom stereocenters. The molecule has 2 N–H and O–H groups in total. The van der Waals surface area contributed by atoms with Crippen LogP contribution in [0.25, 0.3) is 0 Å². The van der Waals surface area contributed by atoms with Crippen molar-refractivity contribution >= 4 is 31.9 Å². The van der Waals surface area contributed by atoms with E-state index in [1.165, 1.54) is 0 Å². The Bertz CT molecular complexity index is 331. The van der Waals surface area contributed by atoms with Crippen LogP contribution in [0.1, 0.15) is 32.4 Å². The topological polar surface area (TPSA) is 45.4 Å². The number of halogens is 2.